The summed E-state index contributed by atoms with van der Waals surface area (Å²) in [6, 6.07) is 46.2. The van der Waals surface area contributed by atoms with Gasteiger partial charge in [0.2, 0.25) is 0 Å². The first-order valence-corrected chi connectivity index (χ1v) is 13.3. The molecule has 0 aliphatic carbocycles. The van der Waals surface area contributed by atoms with Gasteiger partial charge in [0.15, 0.2) is 0 Å². The van der Waals surface area contributed by atoms with E-state index in [4.69, 9.17) is 9.47 Å². The number of rotatable bonds is 2. The molecule has 0 aromatic heterocycles. The molecule has 6 aromatic rings. The van der Waals surface area contributed by atoms with Crippen molar-refractivity contribution in [2.24, 2.45) is 0 Å². The molecule has 0 fully saturated rings. The fourth-order valence-corrected chi connectivity index (χ4v) is 5.98. The standard InChI is InChI=1S/C37H24O2/c1-3-13-27(14-4-1)33-23-31-29-17-9-7-11-25(29)19-21-35(31)38-37(33)34(28-15-5-2-6-16-28)24-32-30-18-10-8-12-26(30)20-22-36(32)39-37/h1-24H. The van der Waals surface area contributed by atoms with Crippen LogP contribution < -0.4 is 9.47 Å². The zero-order valence-corrected chi connectivity index (χ0v) is 21.2. The molecule has 8 rings (SSSR count). The molecule has 0 saturated heterocycles. The number of benzene rings is 6. The van der Waals surface area contributed by atoms with E-state index in [9.17, 15) is 0 Å². The first-order chi connectivity index (χ1) is 19.3. The molecule has 2 heteroatoms. The van der Waals surface area contributed by atoms with Gasteiger partial charge in [-0.25, -0.2) is 0 Å². The fraction of sp³-hybridized carbons (Fsp3) is 0.0270. The van der Waals surface area contributed by atoms with E-state index >= 15 is 0 Å². The number of hydrogen-bond donors (Lipinski definition) is 0. The van der Waals surface area contributed by atoms with Crippen LogP contribution in [0.15, 0.2) is 133 Å². The highest BCUT2D eigenvalue weighted by Gasteiger charge is 2.49. The van der Waals surface area contributed by atoms with E-state index in [1.165, 1.54) is 10.8 Å². The zero-order chi connectivity index (χ0) is 25.8. The van der Waals surface area contributed by atoms with Crippen LogP contribution in [0.3, 0.4) is 0 Å². The average Bonchev–Trinajstić information content (AvgIpc) is 3.01. The van der Waals surface area contributed by atoms with Crippen molar-refractivity contribution in [2.75, 3.05) is 0 Å². The molecule has 2 aliphatic rings. The second kappa shape index (κ2) is 8.47. The maximum Gasteiger partial charge on any atom is 0.306 e. The highest BCUT2D eigenvalue weighted by Crippen LogP contribution is 2.53. The first kappa shape index (κ1) is 22.0. The van der Waals surface area contributed by atoms with Crippen molar-refractivity contribution in [3.63, 3.8) is 0 Å². The Kier molecular flexibility index (Phi) is 4.77. The van der Waals surface area contributed by atoms with Gasteiger partial charge in [0.1, 0.15) is 11.5 Å². The minimum Gasteiger partial charge on any atom is -0.444 e. The Morgan fingerprint density at radius 3 is 1.26 bits per heavy atom. The SMILES string of the molecule is C1=C(c2ccccc2)C2(Oc3ccc4ccccc4c31)Oc1ccc3ccccc3c1C=C2c1ccccc1. The zero-order valence-electron chi connectivity index (χ0n) is 21.2. The molecule has 0 atom stereocenters. The lowest BCUT2D eigenvalue weighted by Crippen LogP contribution is -2.47. The van der Waals surface area contributed by atoms with Gasteiger partial charge in [-0.1, -0.05) is 121 Å². The summed E-state index contributed by atoms with van der Waals surface area (Å²) < 4.78 is 14.2. The van der Waals surface area contributed by atoms with Gasteiger partial charge in [-0.2, -0.15) is 0 Å². The monoisotopic (exact) mass is 500 g/mol. The Morgan fingerprint density at radius 1 is 0.385 bits per heavy atom. The predicted molar refractivity (Wildman–Crippen MR) is 161 cm³/mol. The van der Waals surface area contributed by atoms with Crippen LogP contribution >= 0.6 is 0 Å². The first-order valence-electron chi connectivity index (χ1n) is 13.3. The van der Waals surface area contributed by atoms with Crippen LogP contribution in [0.5, 0.6) is 11.5 Å². The molecule has 184 valence electrons. The van der Waals surface area contributed by atoms with Crippen molar-refractivity contribution in [3.8, 4) is 11.5 Å². The summed E-state index contributed by atoms with van der Waals surface area (Å²) in [5, 5.41) is 4.68. The van der Waals surface area contributed by atoms with Crippen LogP contribution in [-0.4, -0.2) is 5.79 Å². The average molecular weight is 501 g/mol. The summed E-state index contributed by atoms with van der Waals surface area (Å²) in [5.41, 5.74) is 6.20. The summed E-state index contributed by atoms with van der Waals surface area (Å²) in [6.07, 6.45) is 4.53. The van der Waals surface area contributed by atoms with Crippen molar-refractivity contribution >= 4 is 44.8 Å². The van der Waals surface area contributed by atoms with Gasteiger partial charge in [-0.3, -0.25) is 0 Å². The molecule has 2 heterocycles. The summed E-state index contributed by atoms with van der Waals surface area (Å²) in [6.45, 7) is 0. The van der Waals surface area contributed by atoms with E-state index < -0.39 is 5.79 Å². The van der Waals surface area contributed by atoms with E-state index in [0.717, 1.165) is 55.7 Å². The number of ether oxygens (including phenoxy) is 2. The van der Waals surface area contributed by atoms with Crippen molar-refractivity contribution < 1.29 is 9.47 Å². The van der Waals surface area contributed by atoms with Gasteiger partial charge in [0.05, 0.1) is 0 Å². The lowest BCUT2D eigenvalue weighted by Gasteiger charge is -2.44. The number of fused-ring (bicyclic) bond motifs is 6. The Balaban J connectivity index is 1.46. The molecule has 1 spiro atoms. The lowest BCUT2D eigenvalue weighted by molar-refractivity contribution is -0.0114. The Hall–Kier alpha value is -5.08. The van der Waals surface area contributed by atoms with Crippen LogP contribution in [0, 0.1) is 0 Å². The minimum absolute atomic E-state index is 0.805. The lowest BCUT2D eigenvalue weighted by atomic mass is 9.81. The fourth-order valence-electron chi connectivity index (χ4n) is 5.98. The molecule has 0 unspecified atom stereocenters. The maximum atomic E-state index is 7.11. The quantitative estimate of drug-likeness (QED) is 0.236. The third kappa shape index (κ3) is 3.35. The molecule has 0 amide bonds. The summed E-state index contributed by atoms with van der Waals surface area (Å²) in [7, 11) is 0. The van der Waals surface area contributed by atoms with Crippen molar-refractivity contribution in [3.05, 3.63) is 156 Å². The third-order valence-electron chi connectivity index (χ3n) is 7.82. The van der Waals surface area contributed by atoms with Crippen LogP contribution in [-0.2, 0) is 0 Å². The van der Waals surface area contributed by atoms with Gasteiger partial charge in [-0.05, 0) is 57.0 Å². The molecular weight excluding hydrogens is 476 g/mol. The van der Waals surface area contributed by atoms with E-state index in [0.29, 0.717) is 0 Å². The minimum atomic E-state index is -1.17. The Bertz CT molecular complexity index is 1800. The highest BCUT2D eigenvalue weighted by molar-refractivity contribution is 6.09. The third-order valence-corrected chi connectivity index (χ3v) is 7.82. The van der Waals surface area contributed by atoms with E-state index in [2.05, 4.69) is 133 Å². The molecule has 0 radical (unpaired) electrons. The van der Waals surface area contributed by atoms with E-state index in [-0.39, 0.29) is 0 Å². The second-order valence-corrected chi connectivity index (χ2v) is 10.1. The maximum absolute atomic E-state index is 7.11. The Labute approximate surface area is 227 Å². The summed E-state index contributed by atoms with van der Waals surface area (Å²) >= 11 is 0. The van der Waals surface area contributed by atoms with Crippen LogP contribution in [0.4, 0.5) is 0 Å². The molecule has 0 bridgehead atoms. The smallest absolute Gasteiger partial charge is 0.306 e. The van der Waals surface area contributed by atoms with Crippen LogP contribution in [0.2, 0.25) is 0 Å². The van der Waals surface area contributed by atoms with Crippen molar-refractivity contribution in [1.82, 2.24) is 0 Å². The molecular formula is C37H24O2. The van der Waals surface area contributed by atoms with Gasteiger partial charge in [-0.15, -0.1) is 0 Å². The van der Waals surface area contributed by atoms with E-state index in [1.54, 1.807) is 0 Å². The summed E-state index contributed by atoms with van der Waals surface area (Å²) in [4.78, 5) is 0. The molecule has 0 N–H and O–H groups in total. The normalized spacial score (nSPS) is 15.1. The molecule has 0 saturated carbocycles. The van der Waals surface area contributed by atoms with Gasteiger partial charge in [0.25, 0.3) is 0 Å². The molecule has 6 aromatic carbocycles. The largest absolute Gasteiger partial charge is 0.444 e. The predicted octanol–water partition coefficient (Wildman–Crippen LogP) is 9.26. The summed E-state index contributed by atoms with van der Waals surface area (Å²) in [5.74, 6) is 0.437. The highest BCUT2D eigenvalue weighted by atomic mass is 16.7. The van der Waals surface area contributed by atoms with Gasteiger partial charge >= 0.3 is 5.79 Å². The van der Waals surface area contributed by atoms with Crippen molar-refractivity contribution in [1.29, 1.82) is 0 Å². The van der Waals surface area contributed by atoms with Crippen LogP contribution in [0.25, 0.3) is 44.8 Å². The molecule has 2 nitrogen and oxygen atoms in total. The molecule has 39 heavy (non-hydrogen) atoms. The number of hydrogen-bond acceptors (Lipinski definition) is 2. The van der Waals surface area contributed by atoms with E-state index in [1.807, 2.05) is 12.1 Å². The second-order valence-electron chi connectivity index (χ2n) is 10.1. The van der Waals surface area contributed by atoms with Gasteiger partial charge in [0, 0.05) is 22.3 Å². The molecule has 2 aliphatic heterocycles. The topological polar surface area (TPSA) is 18.5 Å². The van der Waals surface area contributed by atoms with Crippen LogP contribution in [0.1, 0.15) is 22.3 Å². The van der Waals surface area contributed by atoms with Gasteiger partial charge < -0.3 is 9.47 Å². The van der Waals surface area contributed by atoms with Crippen molar-refractivity contribution in [2.45, 2.75) is 5.79 Å². The Morgan fingerprint density at radius 2 is 0.795 bits per heavy atom.